The van der Waals surface area contributed by atoms with Crippen molar-refractivity contribution < 1.29 is 13.6 Å². The summed E-state index contributed by atoms with van der Waals surface area (Å²) < 4.78 is 23.3. The van der Waals surface area contributed by atoms with Gasteiger partial charge in [-0.3, -0.25) is 4.79 Å². The van der Waals surface area contributed by atoms with Gasteiger partial charge < -0.3 is 11.1 Å². The number of carbonyl (C=O) groups is 1. The van der Waals surface area contributed by atoms with Crippen molar-refractivity contribution in [3.05, 3.63) is 0 Å². The van der Waals surface area contributed by atoms with Crippen LogP contribution in [0.25, 0.3) is 0 Å². The lowest BCUT2D eigenvalue weighted by Gasteiger charge is -2.15. The van der Waals surface area contributed by atoms with Gasteiger partial charge in [0.25, 0.3) is 5.91 Å². The lowest BCUT2D eigenvalue weighted by Crippen LogP contribution is -2.42. The van der Waals surface area contributed by atoms with Gasteiger partial charge in [-0.05, 0) is 5.92 Å². The molecule has 0 aromatic carbocycles. The molecule has 0 aromatic heterocycles. The van der Waals surface area contributed by atoms with Crippen molar-refractivity contribution in [3.8, 4) is 0 Å². The first-order valence-corrected chi connectivity index (χ1v) is 3.76. The Balaban J connectivity index is 3.61. The SMILES string of the molecule is CC(C)C(N)CNC(=O)C(F)F. The van der Waals surface area contributed by atoms with Crippen LogP contribution in [0.2, 0.25) is 0 Å². The average Bonchev–Trinajstić information content (AvgIpc) is 1.98. The molecule has 0 aromatic rings. The quantitative estimate of drug-likeness (QED) is 0.656. The highest BCUT2D eigenvalue weighted by Gasteiger charge is 2.16. The van der Waals surface area contributed by atoms with Crippen LogP contribution in [-0.4, -0.2) is 24.9 Å². The lowest BCUT2D eigenvalue weighted by molar-refractivity contribution is -0.131. The molecule has 0 aliphatic heterocycles. The standard InChI is InChI=1S/C7H14F2N2O/c1-4(2)5(10)3-11-7(12)6(8)9/h4-6H,3,10H2,1-2H3,(H,11,12). The Morgan fingerprint density at radius 1 is 1.50 bits per heavy atom. The van der Waals surface area contributed by atoms with Crippen LogP contribution in [0.15, 0.2) is 0 Å². The van der Waals surface area contributed by atoms with E-state index in [-0.39, 0.29) is 18.5 Å². The van der Waals surface area contributed by atoms with Crippen LogP contribution in [0.4, 0.5) is 8.78 Å². The van der Waals surface area contributed by atoms with Gasteiger partial charge in [0, 0.05) is 12.6 Å². The predicted octanol–water partition coefficient (Wildman–Crippen LogP) is 0.351. The smallest absolute Gasteiger partial charge is 0.315 e. The van der Waals surface area contributed by atoms with Crippen LogP contribution in [0.1, 0.15) is 13.8 Å². The molecule has 0 bridgehead atoms. The van der Waals surface area contributed by atoms with Crippen molar-refractivity contribution in [3.63, 3.8) is 0 Å². The molecule has 1 amide bonds. The summed E-state index contributed by atoms with van der Waals surface area (Å²) in [7, 11) is 0. The van der Waals surface area contributed by atoms with E-state index < -0.39 is 12.3 Å². The highest BCUT2D eigenvalue weighted by atomic mass is 19.3. The van der Waals surface area contributed by atoms with E-state index in [1.807, 2.05) is 19.2 Å². The summed E-state index contributed by atoms with van der Waals surface area (Å²) in [5, 5.41) is 2.05. The summed E-state index contributed by atoms with van der Waals surface area (Å²) in [4.78, 5) is 10.4. The maximum Gasteiger partial charge on any atom is 0.315 e. The van der Waals surface area contributed by atoms with Crippen LogP contribution in [-0.2, 0) is 4.79 Å². The van der Waals surface area contributed by atoms with E-state index in [9.17, 15) is 13.6 Å². The van der Waals surface area contributed by atoms with Gasteiger partial charge >= 0.3 is 6.43 Å². The summed E-state index contributed by atoms with van der Waals surface area (Å²) in [6.07, 6.45) is -2.95. The summed E-state index contributed by atoms with van der Waals surface area (Å²) >= 11 is 0. The first kappa shape index (κ1) is 11.3. The van der Waals surface area contributed by atoms with Gasteiger partial charge in [0.15, 0.2) is 0 Å². The third-order valence-corrected chi connectivity index (χ3v) is 1.57. The average molecular weight is 180 g/mol. The normalized spacial score (nSPS) is 13.6. The zero-order valence-corrected chi connectivity index (χ0v) is 7.18. The fourth-order valence-corrected chi connectivity index (χ4v) is 0.531. The molecule has 3 N–H and O–H groups in total. The second-order valence-corrected chi connectivity index (χ2v) is 2.95. The number of rotatable bonds is 4. The number of nitrogens with one attached hydrogen (secondary N) is 1. The Morgan fingerprint density at radius 2 is 2.00 bits per heavy atom. The Kier molecular flexibility index (Phi) is 4.73. The molecule has 72 valence electrons. The van der Waals surface area contributed by atoms with Gasteiger partial charge in [0.05, 0.1) is 0 Å². The molecule has 0 radical (unpaired) electrons. The first-order chi connectivity index (χ1) is 5.45. The van der Waals surface area contributed by atoms with E-state index in [1.165, 1.54) is 0 Å². The topological polar surface area (TPSA) is 55.1 Å². The zero-order valence-electron chi connectivity index (χ0n) is 7.18. The summed E-state index contributed by atoms with van der Waals surface area (Å²) in [6.45, 7) is 3.82. The molecule has 0 saturated carbocycles. The van der Waals surface area contributed by atoms with Gasteiger partial charge in [-0.25, -0.2) is 0 Å². The van der Waals surface area contributed by atoms with Gasteiger partial charge in [0.1, 0.15) is 0 Å². The molecule has 3 nitrogen and oxygen atoms in total. The molecule has 0 aliphatic rings. The number of carbonyl (C=O) groups excluding carboxylic acids is 1. The maximum absolute atomic E-state index is 11.6. The minimum absolute atomic E-state index is 0.0981. The Hall–Kier alpha value is -0.710. The number of halogens is 2. The first-order valence-electron chi connectivity index (χ1n) is 3.76. The van der Waals surface area contributed by atoms with E-state index in [1.54, 1.807) is 0 Å². The molecule has 0 spiro atoms. The van der Waals surface area contributed by atoms with Crippen molar-refractivity contribution in [2.45, 2.75) is 26.3 Å². The summed E-state index contributed by atoms with van der Waals surface area (Å²) in [5.74, 6) is -1.09. The van der Waals surface area contributed by atoms with Crippen LogP contribution >= 0.6 is 0 Å². The van der Waals surface area contributed by atoms with E-state index in [0.717, 1.165) is 0 Å². The van der Waals surface area contributed by atoms with Crippen molar-refractivity contribution in [2.24, 2.45) is 11.7 Å². The Labute approximate surface area is 70.3 Å². The fraction of sp³-hybridized carbons (Fsp3) is 0.857. The molecule has 12 heavy (non-hydrogen) atoms. The number of amides is 1. The van der Waals surface area contributed by atoms with Crippen LogP contribution in [0, 0.1) is 5.92 Å². The number of alkyl halides is 2. The van der Waals surface area contributed by atoms with Crippen LogP contribution in [0.5, 0.6) is 0 Å². The van der Waals surface area contributed by atoms with Crippen molar-refractivity contribution in [2.75, 3.05) is 6.54 Å². The highest BCUT2D eigenvalue weighted by Crippen LogP contribution is 1.97. The van der Waals surface area contributed by atoms with E-state index in [2.05, 4.69) is 0 Å². The molecular weight excluding hydrogens is 166 g/mol. The Bertz CT molecular complexity index is 150. The van der Waals surface area contributed by atoms with E-state index in [4.69, 9.17) is 5.73 Å². The minimum Gasteiger partial charge on any atom is -0.350 e. The monoisotopic (exact) mass is 180 g/mol. The van der Waals surface area contributed by atoms with Crippen molar-refractivity contribution in [1.29, 1.82) is 0 Å². The number of nitrogens with two attached hydrogens (primary N) is 1. The van der Waals surface area contributed by atoms with Crippen molar-refractivity contribution >= 4 is 5.91 Å². The van der Waals surface area contributed by atoms with E-state index >= 15 is 0 Å². The fourth-order valence-electron chi connectivity index (χ4n) is 0.531. The molecule has 1 atom stereocenters. The minimum atomic E-state index is -2.95. The van der Waals surface area contributed by atoms with Crippen LogP contribution in [0.3, 0.4) is 0 Å². The largest absolute Gasteiger partial charge is 0.350 e. The van der Waals surface area contributed by atoms with Crippen molar-refractivity contribution in [1.82, 2.24) is 5.32 Å². The molecular formula is C7H14F2N2O. The van der Waals surface area contributed by atoms with Gasteiger partial charge in [-0.1, -0.05) is 13.8 Å². The summed E-state index contributed by atoms with van der Waals surface area (Å²) in [5.41, 5.74) is 5.51. The van der Waals surface area contributed by atoms with E-state index in [0.29, 0.717) is 0 Å². The zero-order chi connectivity index (χ0) is 9.72. The molecule has 5 heteroatoms. The predicted molar refractivity (Wildman–Crippen MR) is 41.8 cm³/mol. The van der Waals surface area contributed by atoms with Gasteiger partial charge in [-0.2, -0.15) is 8.78 Å². The number of hydrogen-bond donors (Lipinski definition) is 2. The lowest BCUT2D eigenvalue weighted by atomic mass is 10.1. The third kappa shape index (κ3) is 4.23. The second-order valence-electron chi connectivity index (χ2n) is 2.95. The number of hydrogen-bond acceptors (Lipinski definition) is 2. The molecule has 0 rings (SSSR count). The third-order valence-electron chi connectivity index (χ3n) is 1.57. The van der Waals surface area contributed by atoms with Crippen LogP contribution < -0.4 is 11.1 Å². The highest BCUT2D eigenvalue weighted by molar-refractivity contribution is 5.79. The molecule has 1 unspecified atom stereocenters. The maximum atomic E-state index is 11.6. The molecule has 0 saturated heterocycles. The van der Waals surface area contributed by atoms with Gasteiger partial charge in [-0.15, -0.1) is 0 Å². The summed E-state index contributed by atoms with van der Waals surface area (Å²) in [6, 6.07) is -0.271. The second kappa shape index (κ2) is 5.03. The Morgan fingerprint density at radius 3 is 2.33 bits per heavy atom. The molecule has 0 aliphatic carbocycles. The molecule has 0 fully saturated rings. The van der Waals surface area contributed by atoms with Gasteiger partial charge in [0.2, 0.25) is 0 Å². The molecule has 0 heterocycles.